The Morgan fingerprint density at radius 1 is 0.929 bits per heavy atom. The van der Waals surface area contributed by atoms with Crippen LogP contribution >= 0.6 is 0 Å². The number of carbonyl (C=O) groups excluding carboxylic acids is 1. The maximum atomic E-state index is 15.9. The maximum Gasteiger partial charge on any atom is 0.494 e. The van der Waals surface area contributed by atoms with Crippen LogP contribution in [0.2, 0.25) is 0 Å². The van der Waals surface area contributed by atoms with Gasteiger partial charge in [-0.2, -0.15) is 0 Å². The summed E-state index contributed by atoms with van der Waals surface area (Å²) in [6.45, 7) is 15.8. The van der Waals surface area contributed by atoms with E-state index < -0.39 is 47.3 Å². The predicted octanol–water partition coefficient (Wildman–Crippen LogP) is 9.17. The number of ether oxygens (including phenoxy) is 3. The Bertz CT molecular complexity index is 2220. The first kappa shape index (κ1) is 41.0. The first-order valence-corrected chi connectivity index (χ1v) is 18.9. The van der Waals surface area contributed by atoms with Crippen molar-refractivity contribution in [2.24, 2.45) is 0 Å². The van der Waals surface area contributed by atoms with E-state index in [-0.39, 0.29) is 24.2 Å². The molecule has 2 aliphatic rings. The average molecular weight is 771 g/mol. The molecule has 8 nitrogen and oxygen atoms in total. The van der Waals surface area contributed by atoms with Crippen LogP contribution in [0.1, 0.15) is 101 Å². The van der Waals surface area contributed by atoms with Crippen molar-refractivity contribution in [3.8, 4) is 0 Å². The van der Waals surface area contributed by atoms with Crippen molar-refractivity contribution < 1.29 is 41.5 Å². The van der Waals surface area contributed by atoms with E-state index >= 15 is 13.2 Å². The summed E-state index contributed by atoms with van der Waals surface area (Å²) in [5.41, 5.74) is 2.62. The summed E-state index contributed by atoms with van der Waals surface area (Å²) in [4.78, 5) is 17.5. The molecule has 0 bridgehead atoms. The fourth-order valence-electron chi connectivity index (χ4n) is 6.64. The summed E-state index contributed by atoms with van der Waals surface area (Å²) in [6, 6.07) is 12.4. The molecule has 0 radical (unpaired) electrons. The van der Waals surface area contributed by atoms with E-state index in [4.69, 9.17) is 28.5 Å². The van der Waals surface area contributed by atoms with Gasteiger partial charge in [0.05, 0.1) is 40.2 Å². The van der Waals surface area contributed by atoms with Gasteiger partial charge >= 0.3 is 13.1 Å². The van der Waals surface area contributed by atoms with Gasteiger partial charge in [-0.25, -0.2) is 22.9 Å². The second-order valence-corrected chi connectivity index (χ2v) is 16.4. The molecule has 3 aromatic carbocycles. The highest BCUT2D eigenvalue weighted by Gasteiger charge is 2.51. The van der Waals surface area contributed by atoms with Crippen LogP contribution in [-0.4, -0.2) is 53.2 Å². The molecule has 6 rings (SSSR count). The molecule has 0 saturated carbocycles. The number of hydrogen-bond acceptors (Lipinski definition) is 7. The lowest BCUT2D eigenvalue weighted by Gasteiger charge is -2.32. The van der Waals surface area contributed by atoms with Crippen molar-refractivity contribution in [2.45, 2.75) is 105 Å². The van der Waals surface area contributed by atoms with E-state index in [1.165, 1.54) is 18.2 Å². The standard InChI is InChI=1S/C44H50BF3N2O6/c1-27-13-17-32(53-26-29-14-16-31(24-35(29)46)45-55-43(5,6)44(7,8)56-45)11-10-12-33(27)34-25-36(47)30(21-37(34)48)23-40-49-38-18-15-28(41(51)54-42(2,3)4)22-39(38)50(40)19-20-52-9/h10-12,14-16,18,21-22,24-25H,13,17,19-20,23,26H2,1-9H3/b12-10?,32-11-,33-27?. The third-order valence-corrected chi connectivity index (χ3v) is 10.5. The second-order valence-electron chi connectivity index (χ2n) is 16.4. The molecule has 0 spiro atoms. The molecule has 1 saturated heterocycles. The van der Waals surface area contributed by atoms with Crippen LogP contribution in [0.4, 0.5) is 13.2 Å². The fourth-order valence-corrected chi connectivity index (χ4v) is 6.64. The number of allylic oxidation sites excluding steroid dienone is 6. The molecule has 0 N–H and O–H groups in total. The van der Waals surface area contributed by atoms with Gasteiger partial charge in [0.1, 0.15) is 35.5 Å². The fraction of sp³-hybridized carbons (Fsp3) is 0.409. The summed E-state index contributed by atoms with van der Waals surface area (Å²) >= 11 is 0. The van der Waals surface area contributed by atoms with Gasteiger partial charge in [0, 0.05) is 37.6 Å². The third kappa shape index (κ3) is 8.98. The highest BCUT2D eigenvalue weighted by atomic mass is 19.1. The van der Waals surface area contributed by atoms with Crippen LogP contribution in [0, 0.1) is 17.5 Å². The number of fused-ring (bicyclic) bond motifs is 1. The molecule has 2 heterocycles. The normalized spacial score (nSPS) is 17.9. The number of hydrogen-bond donors (Lipinski definition) is 0. The van der Waals surface area contributed by atoms with Gasteiger partial charge in [0.25, 0.3) is 0 Å². The van der Waals surface area contributed by atoms with Crippen molar-refractivity contribution in [3.05, 3.63) is 124 Å². The smallest absolute Gasteiger partial charge is 0.493 e. The predicted molar refractivity (Wildman–Crippen MR) is 212 cm³/mol. The number of nitrogens with zero attached hydrogens (tertiary/aromatic N) is 2. The SMILES string of the molecule is COCCn1c(Cc2cc(F)c(C3=C(C)CC/C(OCc4ccc(B5OC(C)(C)C(C)(C)O5)cc4F)=C/C=C3)cc2F)nc2ccc(C(=O)OC(C)(C)C)cc21. The summed E-state index contributed by atoms with van der Waals surface area (Å²) in [5, 5.41) is 0. The quantitative estimate of drug-likeness (QED) is 0.111. The zero-order valence-corrected chi connectivity index (χ0v) is 33.6. The molecule has 0 atom stereocenters. The summed E-state index contributed by atoms with van der Waals surface area (Å²) in [5.74, 6) is -0.865. The van der Waals surface area contributed by atoms with E-state index in [0.29, 0.717) is 70.8 Å². The monoisotopic (exact) mass is 770 g/mol. The number of esters is 1. The first-order chi connectivity index (χ1) is 26.4. The van der Waals surface area contributed by atoms with Crippen molar-refractivity contribution in [1.29, 1.82) is 0 Å². The van der Waals surface area contributed by atoms with E-state index in [9.17, 15) is 4.79 Å². The van der Waals surface area contributed by atoms with Gasteiger partial charge in [-0.05, 0) is 121 Å². The lowest BCUT2D eigenvalue weighted by Crippen LogP contribution is -2.41. The summed E-state index contributed by atoms with van der Waals surface area (Å²) in [6.07, 6.45) is 6.27. The van der Waals surface area contributed by atoms with Crippen molar-refractivity contribution in [3.63, 3.8) is 0 Å². The molecule has 0 unspecified atom stereocenters. The average Bonchev–Trinajstić information content (AvgIpc) is 3.56. The van der Waals surface area contributed by atoms with Gasteiger partial charge in [-0.15, -0.1) is 0 Å². The van der Waals surface area contributed by atoms with Gasteiger partial charge in [0.15, 0.2) is 0 Å². The minimum atomic E-state index is -0.667. The van der Waals surface area contributed by atoms with Crippen LogP contribution in [0.3, 0.4) is 0 Å². The molecule has 1 aliphatic heterocycles. The molecule has 56 heavy (non-hydrogen) atoms. The highest BCUT2D eigenvalue weighted by Crippen LogP contribution is 2.37. The number of aromatic nitrogens is 2. The Labute approximate surface area is 327 Å². The molecule has 0 amide bonds. The number of benzene rings is 3. The second kappa shape index (κ2) is 16.1. The molecule has 4 aromatic rings. The zero-order chi connectivity index (χ0) is 40.6. The van der Waals surface area contributed by atoms with Gasteiger partial charge < -0.3 is 28.1 Å². The van der Waals surface area contributed by atoms with Crippen molar-refractivity contribution >= 4 is 35.2 Å². The Kier molecular flexibility index (Phi) is 11.8. The number of carbonyl (C=O) groups is 1. The molecular formula is C44H50BF3N2O6. The Morgan fingerprint density at radius 3 is 2.32 bits per heavy atom. The molecule has 296 valence electrons. The van der Waals surface area contributed by atoms with Crippen LogP contribution < -0.4 is 5.46 Å². The molecule has 1 aromatic heterocycles. The van der Waals surface area contributed by atoms with Gasteiger partial charge in [-0.1, -0.05) is 29.9 Å². The largest absolute Gasteiger partial charge is 0.494 e. The molecule has 1 fully saturated rings. The Morgan fingerprint density at radius 2 is 1.64 bits per heavy atom. The number of halogens is 3. The number of methoxy groups -OCH3 is 1. The lowest BCUT2D eigenvalue weighted by molar-refractivity contribution is 0.00578. The van der Waals surface area contributed by atoms with Crippen LogP contribution in [0.25, 0.3) is 16.6 Å². The van der Waals surface area contributed by atoms with Crippen molar-refractivity contribution in [2.75, 3.05) is 13.7 Å². The minimum Gasteiger partial charge on any atom is -0.493 e. The molecule has 12 heteroatoms. The topological polar surface area (TPSA) is 81.0 Å². The molecular weight excluding hydrogens is 720 g/mol. The Balaban J connectivity index is 1.16. The van der Waals surface area contributed by atoms with Crippen LogP contribution in [0.5, 0.6) is 0 Å². The number of imidazole rings is 1. The van der Waals surface area contributed by atoms with Gasteiger partial charge in [-0.3, -0.25) is 0 Å². The van der Waals surface area contributed by atoms with Crippen molar-refractivity contribution in [1.82, 2.24) is 9.55 Å². The van der Waals surface area contributed by atoms with Gasteiger partial charge in [0.2, 0.25) is 0 Å². The van der Waals surface area contributed by atoms with E-state index in [2.05, 4.69) is 0 Å². The van der Waals surface area contributed by atoms with E-state index in [1.807, 2.05) is 39.2 Å². The van der Waals surface area contributed by atoms with Crippen LogP contribution in [0.15, 0.2) is 78.1 Å². The lowest BCUT2D eigenvalue weighted by atomic mass is 9.79. The maximum absolute atomic E-state index is 15.9. The molecule has 1 aliphatic carbocycles. The Hall–Kier alpha value is -4.65. The van der Waals surface area contributed by atoms with Crippen LogP contribution in [-0.2, 0) is 43.1 Å². The number of rotatable bonds is 11. The summed E-state index contributed by atoms with van der Waals surface area (Å²) in [7, 11) is 0.910. The minimum absolute atomic E-state index is 0.0162. The third-order valence-electron chi connectivity index (χ3n) is 10.5. The van der Waals surface area contributed by atoms with E-state index in [1.54, 1.807) is 76.4 Å². The zero-order valence-electron chi connectivity index (χ0n) is 33.6. The van der Waals surface area contributed by atoms with E-state index in [0.717, 1.165) is 5.57 Å². The first-order valence-electron chi connectivity index (χ1n) is 18.9. The highest BCUT2D eigenvalue weighted by molar-refractivity contribution is 6.62. The summed E-state index contributed by atoms with van der Waals surface area (Å²) < 4.78 is 77.9.